The second-order valence-corrected chi connectivity index (χ2v) is 8.25. The molecule has 4 heteroatoms. The van der Waals surface area contributed by atoms with E-state index in [4.69, 9.17) is 9.47 Å². The third kappa shape index (κ3) is 1.92. The van der Waals surface area contributed by atoms with Gasteiger partial charge >= 0.3 is 5.97 Å². The van der Waals surface area contributed by atoms with Crippen LogP contribution in [0.2, 0.25) is 0 Å². The number of epoxide rings is 2. The highest BCUT2D eigenvalue weighted by Crippen LogP contribution is 2.77. The van der Waals surface area contributed by atoms with Crippen LogP contribution in [0.5, 0.6) is 0 Å². The fourth-order valence-electron chi connectivity index (χ4n) is 5.40. The van der Waals surface area contributed by atoms with Crippen LogP contribution in [0.25, 0.3) is 0 Å². The third-order valence-electron chi connectivity index (χ3n) is 7.03. The van der Waals surface area contributed by atoms with Crippen LogP contribution in [0, 0.1) is 23.2 Å². The summed E-state index contributed by atoms with van der Waals surface area (Å²) in [6.07, 6.45) is 9.04. The first-order chi connectivity index (χ1) is 10.5. The molecule has 124 valence electrons. The monoisotopic (exact) mass is 308 g/mol. The van der Waals surface area contributed by atoms with Gasteiger partial charge in [-0.25, -0.2) is 0 Å². The lowest BCUT2D eigenvalue weighted by atomic mass is 9.63. The molecule has 0 aromatic heterocycles. The van der Waals surface area contributed by atoms with Gasteiger partial charge in [-0.05, 0) is 50.4 Å². The zero-order chi connectivity index (χ0) is 15.6. The zero-order valence-corrected chi connectivity index (χ0v) is 13.8. The maximum absolute atomic E-state index is 11.8. The van der Waals surface area contributed by atoms with Crippen molar-refractivity contribution in [3.63, 3.8) is 0 Å². The number of carbonyl (C=O) groups is 1. The molecule has 2 saturated carbocycles. The molecule has 0 amide bonds. The van der Waals surface area contributed by atoms with E-state index >= 15 is 0 Å². The molecule has 2 atom stereocenters. The summed E-state index contributed by atoms with van der Waals surface area (Å²) in [7, 11) is 0. The quantitative estimate of drug-likeness (QED) is 0.781. The van der Waals surface area contributed by atoms with E-state index in [0.29, 0.717) is 17.8 Å². The van der Waals surface area contributed by atoms with E-state index in [-0.39, 0.29) is 11.6 Å². The summed E-state index contributed by atoms with van der Waals surface area (Å²) >= 11 is 0. The van der Waals surface area contributed by atoms with Crippen LogP contribution in [-0.4, -0.2) is 22.7 Å². The van der Waals surface area contributed by atoms with Crippen LogP contribution in [0.15, 0.2) is 0 Å². The van der Waals surface area contributed by atoms with E-state index in [2.05, 4.69) is 13.8 Å². The van der Waals surface area contributed by atoms with Crippen molar-refractivity contribution >= 4 is 5.97 Å². The minimum atomic E-state index is -0.565. The summed E-state index contributed by atoms with van der Waals surface area (Å²) in [6, 6.07) is 0. The number of unbranched alkanes of at least 4 members (excludes halogenated alkanes) is 1. The number of aliphatic carboxylic acids is 1. The van der Waals surface area contributed by atoms with Crippen molar-refractivity contribution in [2.75, 3.05) is 0 Å². The van der Waals surface area contributed by atoms with Crippen LogP contribution in [-0.2, 0) is 14.3 Å². The molecule has 4 nitrogen and oxygen atoms in total. The Labute approximate surface area is 132 Å². The Morgan fingerprint density at radius 3 is 2.45 bits per heavy atom. The Morgan fingerprint density at radius 1 is 1.23 bits per heavy atom. The molecule has 2 aliphatic heterocycles. The maximum atomic E-state index is 11.8. The Bertz CT molecular complexity index is 471. The van der Waals surface area contributed by atoms with Gasteiger partial charge in [0.05, 0.1) is 5.41 Å². The molecule has 2 saturated heterocycles. The minimum Gasteiger partial charge on any atom is -0.481 e. The molecule has 4 rings (SSSR count). The van der Waals surface area contributed by atoms with Gasteiger partial charge in [0.25, 0.3) is 0 Å². The normalized spacial score (nSPS) is 52.5. The highest BCUT2D eigenvalue weighted by Gasteiger charge is 2.93. The van der Waals surface area contributed by atoms with Gasteiger partial charge in [0.1, 0.15) is 0 Å². The molecule has 2 aliphatic carbocycles. The maximum Gasteiger partial charge on any atom is 0.309 e. The van der Waals surface area contributed by atoms with E-state index < -0.39 is 11.4 Å². The molecule has 0 spiro atoms. The zero-order valence-electron chi connectivity index (χ0n) is 13.8. The first-order valence-electron chi connectivity index (χ1n) is 9.11. The van der Waals surface area contributed by atoms with Gasteiger partial charge < -0.3 is 14.6 Å². The fourth-order valence-corrected chi connectivity index (χ4v) is 5.40. The average molecular weight is 308 g/mol. The largest absolute Gasteiger partial charge is 0.481 e. The number of carboxylic acids is 1. The van der Waals surface area contributed by atoms with Crippen molar-refractivity contribution in [1.29, 1.82) is 0 Å². The fraction of sp³-hybridized carbons (Fsp3) is 0.944. The van der Waals surface area contributed by atoms with Gasteiger partial charge in [-0.2, -0.15) is 0 Å². The molecule has 2 heterocycles. The van der Waals surface area contributed by atoms with Gasteiger partial charge in [0.15, 0.2) is 0 Å². The van der Waals surface area contributed by atoms with Crippen molar-refractivity contribution in [3.05, 3.63) is 0 Å². The first-order valence-corrected chi connectivity index (χ1v) is 9.11. The van der Waals surface area contributed by atoms with Gasteiger partial charge in [-0.3, -0.25) is 4.79 Å². The number of hydrogen-bond donors (Lipinski definition) is 1. The number of hydrogen-bond acceptors (Lipinski definition) is 3. The predicted molar refractivity (Wildman–Crippen MR) is 81.1 cm³/mol. The Kier molecular flexibility index (Phi) is 3.19. The van der Waals surface area contributed by atoms with E-state index in [1.807, 2.05) is 0 Å². The Morgan fingerprint density at radius 2 is 1.91 bits per heavy atom. The van der Waals surface area contributed by atoms with E-state index in [9.17, 15) is 9.90 Å². The summed E-state index contributed by atoms with van der Waals surface area (Å²) in [6.45, 7) is 4.38. The summed E-state index contributed by atoms with van der Waals surface area (Å²) in [5.74, 6) is 0.856. The molecule has 0 aromatic carbocycles. The van der Waals surface area contributed by atoms with E-state index in [1.54, 1.807) is 0 Å². The van der Waals surface area contributed by atoms with Gasteiger partial charge in [-0.1, -0.05) is 26.7 Å². The van der Waals surface area contributed by atoms with E-state index in [1.165, 1.54) is 6.42 Å². The molecule has 0 aromatic rings. The third-order valence-corrected chi connectivity index (χ3v) is 7.03. The number of carboxylic acid groups (broad SMARTS) is 1. The highest BCUT2D eigenvalue weighted by atomic mass is 17.0. The summed E-state index contributed by atoms with van der Waals surface area (Å²) in [5.41, 5.74) is -0.443. The number of ether oxygens (including phenoxy) is 2. The second kappa shape index (κ2) is 4.70. The first kappa shape index (κ1) is 14.9. The minimum absolute atomic E-state index is 0.190. The van der Waals surface area contributed by atoms with Crippen molar-refractivity contribution in [2.45, 2.75) is 83.2 Å². The molecule has 22 heavy (non-hydrogen) atoms. The van der Waals surface area contributed by atoms with Crippen molar-refractivity contribution in [2.24, 2.45) is 23.2 Å². The van der Waals surface area contributed by atoms with Crippen molar-refractivity contribution in [3.8, 4) is 0 Å². The van der Waals surface area contributed by atoms with Crippen molar-refractivity contribution in [1.82, 2.24) is 0 Å². The molecule has 4 fully saturated rings. The van der Waals surface area contributed by atoms with Crippen LogP contribution in [0.3, 0.4) is 0 Å². The lowest BCUT2D eigenvalue weighted by Crippen LogP contribution is -2.38. The van der Waals surface area contributed by atoms with Crippen LogP contribution in [0.1, 0.15) is 71.6 Å². The second-order valence-electron chi connectivity index (χ2n) is 8.25. The summed E-state index contributed by atoms with van der Waals surface area (Å²) in [4.78, 5) is 11.8. The smallest absolute Gasteiger partial charge is 0.309 e. The standard InChI is InChI=1S/C18H28O4/c1-3-4-7-16(15(19)20)8-5-13(6-9-16)14-10-12(2)18-17(11-14,21-18)22-18/h12-14H,3-11H2,1-2H3,(H,19,20). The Hall–Kier alpha value is -0.610. The summed E-state index contributed by atoms with van der Waals surface area (Å²) in [5, 5.41) is 9.71. The average Bonchev–Trinajstić information content (AvgIpc) is 3.32. The lowest BCUT2D eigenvalue weighted by molar-refractivity contribution is -0.152. The Balaban J connectivity index is 1.38. The van der Waals surface area contributed by atoms with Crippen LogP contribution < -0.4 is 0 Å². The lowest BCUT2D eigenvalue weighted by Gasteiger charge is -2.40. The van der Waals surface area contributed by atoms with Gasteiger partial charge in [-0.15, -0.1) is 0 Å². The topological polar surface area (TPSA) is 62.4 Å². The molecule has 2 unspecified atom stereocenters. The van der Waals surface area contributed by atoms with Crippen molar-refractivity contribution < 1.29 is 19.4 Å². The highest BCUT2D eigenvalue weighted by molar-refractivity contribution is 5.74. The molecule has 1 N–H and O–H groups in total. The van der Waals surface area contributed by atoms with Gasteiger partial charge in [0.2, 0.25) is 11.6 Å². The van der Waals surface area contributed by atoms with Gasteiger partial charge in [0, 0.05) is 12.3 Å². The van der Waals surface area contributed by atoms with E-state index in [0.717, 1.165) is 51.4 Å². The molecular formula is C18H28O4. The molecule has 0 bridgehead atoms. The molecule has 4 aliphatic rings. The molecular weight excluding hydrogens is 280 g/mol. The predicted octanol–water partition coefficient (Wildman–Crippen LogP) is 3.94. The van der Waals surface area contributed by atoms with Crippen LogP contribution in [0.4, 0.5) is 0 Å². The van der Waals surface area contributed by atoms with Crippen LogP contribution >= 0.6 is 0 Å². The summed E-state index contributed by atoms with van der Waals surface area (Å²) < 4.78 is 11.6. The number of rotatable bonds is 5. The molecule has 0 radical (unpaired) electrons. The SMILES string of the molecule is CCCCC1(C(=O)O)CCC(C2CC(C)C34OC3(C2)O4)CC1.